The van der Waals surface area contributed by atoms with Crippen LogP contribution in [0.3, 0.4) is 0 Å². The highest BCUT2D eigenvalue weighted by molar-refractivity contribution is 5.97. The van der Waals surface area contributed by atoms with E-state index in [1.807, 2.05) is 32.9 Å². The Labute approximate surface area is 182 Å². The lowest BCUT2D eigenvalue weighted by Crippen LogP contribution is -2.47. The third-order valence-electron chi connectivity index (χ3n) is 6.13. The molecule has 1 aromatic rings. The van der Waals surface area contributed by atoms with Crippen LogP contribution in [0.1, 0.15) is 57.9 Å². The van der Waals surface area contributed by atoms with Crippen molar-refractivity contribution < 1.29 is 19.1 Å². The topological polar surface area (TPSA) is 104 Å². The zero-order valence-electron chi connectivity index (χ0n) is 18.4. The number of piperidine rings is 2. The number of hydrogen-bond donors (Lipinski definition) is 2. The van der Waals surface area contributed by atoms with Gasteiger partial charge in [0, 0.05) is 31.9 Å². The zero-order valence-corrected chi connectivity index (χ0v) is 18.4. The smallest absolute Gasteiger partial charge is 0.410 e. The zero-order chi connectivity index (χ0) is 22.2. The van der Waals surface area contributed by atoms with Crippen molar-refractivity contribution in [2.75, 3.05) is 25.0 Å². The highest BCUT2D eigenvalue weighted by atomic mass is 16.6. The first-order valence-corrected chi connectivity index (χ1v) is 11.0. The number of rotatable bonds is 3. The van der Waals surface area contributed by atoms with Gasteiger partial charge >= 0.3 is 12.1 Å². The standard InChI is InChI=1S/C22H31N5O4/c1-22(2,3)31-21(30)26-10-8-14(9-11-26)15-4-7-18(23-12-15)25-19(28)17-6-5-16-13-27(17)20(29)24-16/h4,7,12,14,16-17H,5-6,8-11,13H2,1-3H3,(H,24,29)(H,23,25,28). The van der Waals surface area contributed by atoms with Gasteiger partial charge in [-0.25, -0.2) is 14.6 Å². The van der Waals surface area contributed by atoms with Gasteiger partial charge in [-0.3, -0.25) is 4.79 Å². The van der Waals surface area contributed by atoms with Crippen molar-refractivity contribution in [3.8, 4) is 0 Å². The number of likely N-dealkylation sites (tertiary alicyclic amines) is 1. The normalized spacial score (nSPS) is 24.0. The van der Waals surface area contributed by atoms with Crippen LogP contribution in [0, 0.1) is 0 Å². The van der Waals surface area contributed by atoms with E-state index in [4.69, 9.17) is 4.74 Å². The second-order valence-electron chi connectivity index (χ2n) is 9.60. The Bertz CT molecular complexity index is 842. The fraction of sp³-hybridized carbons (Fsp3) is 0.636. The van der Waals surface area contributed by atoms with Crippen LogP contribution in [-0.2, 0) is 9.53 Å². The second kappa shape index (κ2) is 8.36. The summed E-state index contributed by atoms with van der Waals surface area (Å²) in [7, 11) is 0. The highest BCUT2D eigenvalue weighted by Crippen LogP contribution is 2.29. The molecule has 4 rings (SSSR count). The van der Waals surface area contributed by atoms with Crippen LogP contribution in [0.2, 0.25) is 0 Å². The molecule has 3 aliphatic heterocycles. The number of anilines is 1. The lowest BCUT2D eigenvalue weighted by Gasteiger charge is -2.33. The van der Waals surface area contributed by atoms with Gasteiger partial charge in [0.05, 0.1) is 0 Å². The molecule has 4 amide bonds. The molecule has 9 nitrogen and oxygen atoms in total. The third-order valence-corrected chi connectivity index (χ3v) is 6.13. The van der Waals surface area contributed by atoms with Crippen molar-refractivity contribution in [2.45, 2.75) is 70.1 Å². The van der Waals surface area contributed by atoms with Gasteiger partial charge in [-0.15, -0.1) is 0 Å². The van der Waals surface area contributed by atoms with Crippen LogP contribution in [0.25, 0.3) is 0 Å². The lowest BCUT2D eigenvalue weighted by atomic mass is 9.90. The van der Waals surface area contributed by atoms with Crippen LogP contribution in [-0.4, -0.2) is 70.1 Å². The number of amides is 4. The molecule has 2 atom stereocenters. The van der Waals surface area contributed by atoms with Crippen molar-refractivity contribution in [1.29, 1.82) is 0 Å². The summed E-state index contributed by atoms with van der Waals surface area (Å²) < 4.78 is 5.45. The molecule has 9 heteroatoms. The second-order valence-corrected chi connectivity index (χ2v) is 9.60. The van der Waals surface area contributed by atoms with Gasteiger partial charge in [0.15, 0.2) is 0 Å². The molecular weight excluding hydrogens is 398 g/mol. The first kappa shape index (κ1) is 21.4. The van der Waals surface area contributed by atoms with Crippen molar-refractivity contribution >= 4 is 23.8 Å². The molecule has 2 bridgehead atoms. The van der Waals surface area contributed by atoms with Crippen LogP contribution >= 0.6 is 0 Å². The van der Waals surface area contributed by atoms with Crippen LogP contribution in [0.15, 0.2) is 18.3 Å². The van der Waals surface area contributed by atoms with Gasteiger partial charge in [-0.2, -0.15) is 0 Å². The number of pyridine rings is 1. The number of fused-ring (bicyclic) bond motifs is 2. The van der Waals surface area contributed by atoms with Gasteiger partial charge in [0.1, 0.15) is 17.5 Å². The molecule has 0 radical (unpaired) electrons. The van der Waals surface area contributed by atoms with Crippen molar-refractivity contribution in [2.24, 2.45) is 0 Å². The summed E-state index contributed by atoms with van der Waals surface area (Å²) in [6.07, 6.45) is 4.70. The van der Waals surface area contributed by atoms with E-state index in [1.165, 1.54) is 0 Å². The molecule has 3 saturated heterocycles. The number of aromatic nitrogens is 1. The number of ether oxygens (including phenoxy) is 1. The Hall–Kier alpha value is -2.84. The number of urea groups is 1. The van der Waals surface area contributed by atoms with E-state index >= 15 is 0 Å². The predicted octanol–water partition coefficient (Wildman–Crippen LogP) is 2.69. The maximum absolute atomic E-state index is 12.7. The van der Waals surface area contributed by atoms with E-state index in [2.05, 4.69) is 15.6 Å². The fourth-order valence-electron chi connectivity index (χ4n) is 4.50. The van der Waals surface area contributed by atoms with Gasteiger partial charge < -0.3 is 25.2 Å². The van der Waals surface area contributed by atoms with E-state index in [1.54, 1.807) is 16.0 Å². The lowest BCUT2D eigenvalue weighted by molar-refractivity contribution is -0.120. The summed E-state index contributed by atoms with van der Waals surface area (Å²) >= 11 is 0. The average molecular weight is 430 g/mol. The van der Waals surface area contributed by atoms with Crippen molar-refractivity contribution in [3.05, 3.63) is 23.9 Å². The maximum Gasteiger partial charge on any atom is 0.410 e. The summed E-state index contributed by atoms with van der Waals surface area (Å²) in [5.74, 6) is 0.614. The largest absolute Gasteiger partial charge is 0.444 e. The monoisotopic (exact) mass is 429 g/mol. The molecule has 3 fully saturated rings. The highest BCUT2D eigenvalue weighted by Gasteiger charge is 2.41. The van der Waals surface area contributed by atoms with E-state index in [9.17, 15) is 14.4 Å². The van der Waals surface area contributed by atoms with Gasteiger partial charge in [0.25, 0.3) is 0 Å². The minimum absolute atomic E-state index is 0.163. The summed E-state index contributed by atoms with van der Waals surface area (Å²) in [6, 6.07) is 3.34. The summed E-state index contributed by atoms with van der Waals surface area (Å²) in [5.41, 5.74) is 0.608. The molecule has 0 aromatic carbocycles. The summed E-state index contributed by atoms with van der Waals surface area (Å²) in [4.78, 5) is 44.6. The van der Waals surface area contributed by atoms with Crippen LogP contribution < -0.4 is 10.6 Å². The first-order chi connectivity index (χ1) is 14.7. The molecule has 0 aliphatic carbocycles. The number of nitrogens with zero attached hydrogens (tertiary/aromatic N) is 3. The number of carbonyl (C=O) groups excluding carboxylic acids is 3. The SMILES string of the molecule is CC(C)(C)OC(=O)N1CCC(c2ccc(NC(=O)C3CCC4CN3C(=O)N4)nc2)CC1. The molecule has 31 heavy (non-hydrogen) atoms. The van der Waals surface area contributed by atoms with Crippen LogP contribution in [0.4, 0.5) is 15.4 Å². The molecule has 2 N–H and O–H groups in total. The predicted molar refractivity (Wildman–Crippen MR) is 115 cm³/mol. The van der Waals surface area contributed by atoms with Crippen molar-refractivity contribution in [1.82, 2.24) is 20.1 Å². The Balaban J connectivity index is 1.29. The molecule has 0 saturated carbocycles. The van der Waals surface area contributed by atoms with E-state index in [-0.39, 0.29) is 24.1 Å². The quantitative estimate of drug-likeness (QED) is 0.769. The molecule has 2 unspecified atom stereocenters. The van der Waals surface area contributed by atoms with E-state index in [0.717, 1.165) is 24.8 Å². The van der Waals surface area contributed by atoms with Crippen LogP contribution in [0.5, 0.6) is 0 Å². The minimum Gasteiger partial charge on any atom is -0.444 e. The minimum atomic E-state index is -0.490. The van der Waals surface area contributed by atoms with E-state index < -0.39 is 11.6 Å². The number of nitrogens with one attached hydrogen (secondary N) is 2. The number of hydrogen-bond acceptors (Lipinski definition) is 5. The fourth-order valence-corrected chi connectivity index (χ4v) is 4.50. The Morgan fingerprint density at radius 2 is 1.90 bits per heavy atom. The summed E-state index contributed by atoms with van der Waals surface area (Å²) in [6.45, 7) is 7.50. The van der Waals surface area contributed by atoms with Gasteiger partial charge in [0.2, 0.25) is 5.91 Å². The Morgan fingerprint density at radius 1 is 1.16 bits per heavy atom. The van der Waals surface area contributed by atoms with Crippen molar-refractivity contribution in [3.63, 3.8) is 0 Å². The summed E-state index contributed by atoms with van der Waals surface area (Å²) in [5, 5.41) is 5.74. The molecular formula is C22H31N5O4. The molecule has 3 aliphatic rings. The third kappa shape index (κ3) is 4.91. The molecule has 168 valence electrons. The maximum atomic E-state index is 12.7. The average Bonchev–Trinajstić information content (AvgIpc) is 3.01. The molecule has 1 aromatic heterocycles. The van der Waals surface area contributed by atoms with E-state index in [0.29, 0.717) is 37.8 Å². The van der Waals surface area contributed by atoms with Gasteiger partial charge in [-0.1, -0.05) is 6.07 Å². The Kier molecular flexibility index (Phi) is 5.77. The molecule has 4 heterocycles. The van der Waals surface area contributed by atoms with Gasteiger partial charge in [-0.05, 0) is 64.0 Å². The number of carbonyl (C=O) groups is 3. The first-order valence-electron chi connectivity index (χ1n) is 11.0. The molecule has 0 spiro atoms. The Morgan fingerprint density at radius 3 is 2.55 bits per heavy atom.